The van der Waals surface area contributed by atoms with Crippen molar-refractivity contribution in [2.45, 2.75) is 25.4 Å². The molecule has 1 fully saturated rings. The lowest BCUT2D eigenvalue weighted by molar-refractivity contribution is -0.127. The van der Waals surface area contributed by atoms with Crippen LogP contribution >= 0.6 is 0 Å². The smallest absolute Gasteiger partial charge is 0.264 e. The Morgan fingerprint density at radius 3 is 2.79 bits per heavy atom. The molecule has 3 heterocycles. The summed E-state index contributed by atoms with van der Waals surface area (Å²) in [6, 6.07) is 8.72. The molecule has 1 saturated heterocycles. The molecule has 2 aromatic heterocycles. The van der Waals surface area contributed by atoms with Crippen molar-refractivity contribution in [2.24, 2.45) is 0 Å². The van der Waals surface area contributed by atoms with Gasteiger partial charge in [-0.05, 0) is 37.1 Å². The van der Waals surface area contributed by atoms with Crippen molar-refractivity contribution in [3.8, 4) is 28.8 Å². The van der Waals surface area contributed by atoms with E-state index in [0.29, 0.717) is 24.0 Å². The SMILES string of the molecule is C=C(C#N)C(=O)N1CCC[C@H]1Cn1nc(-c2ccc(Oc3cccc(F)c3F)cc2F)c2c(N)ncnc21. The minimum atomic E-state index is -1.19. The van der Waals surface area contributed by atoms with Gasteiger partial charge < -0.3 is 15.4 Å². The van der Waals surface area contributed by atoms with Gasteiger partial charge in [-0.2, -0.15) is 14.8 Å². The molecule has 0 aliphatic carbocycles. The van der Waals surface area contributed by atoms with E-state index in [1.807, 2.05) is 0 Å². The molecule has 0 spiro atoms. The molecule has 192 valence electrons. The first-order valence-electron chi connectivity index (χ1n) is 11.6. The molecule has 12 heteroatoms. The molecular formula is C26H20F3N7O2. The van der Waals surface area contributed by atoms with E-state index in [0.717, 1.165) is 18.6 Å². The second-order valence-corrected chi connectivity index (χ2v) is 8.67. The molecule has 2 N–H and O–H groups in total. The van der Waals surface area contributed by atoms with E-state index in [-0.39, 0.29) is 46.7 Å². The summed E-state index contributed by atoms with van der Waals surface area (Å²) in [4.78, 5) is 22.5. The van der Waals surface area contributed by atoms with E-state index in [4.69, 9.17) is 15.7 Å². The van der Waals surface area contributed by atoms with Gasteiger partial charge in [-0.3, -0.25) is 4.79 Å². The van der Waals surface area contributed by atoms with Gasteiger partial charge in [-0.1, -0.05) is 12.6 Å². The van der Waals surface area contributed by atoms with E-state index < -0.39 is 23.4 Å². The van der Waals surface area contributed by atoms with Gasteiger partial charge in [0.1, 0.15) is 41.0 Å². The Morgan fingerprint density at radius 1 is 1.21 bits per heavy atom. The van der Waals surface area contributed by atoms with Crippen molar-refractivity contribution in [3.63, 3.8) is 0 Å². The molecule has 0 unspecified atom stereocenters. The average Bonchev–Trinajstić information content (AvgIpc) is 3.52. The molecule has 2 aromatic carbocycles. The summed E-state index contributed by atoms with van der Waals surface area (Å²) in [5.74, 6) is -3.85. The van der Waals surface area contributed by atoms with Crippen molar-refractivity contribution in [2.75, 3.05) is 12.3 Å². The number of nitrogens with zero attached hydrogens (tertiary/aromatic N) is 6. The van der Waals surface area contributed by atoms with Crippen LogP contribution in [0.2, 0.25) is 0 Å². The van der Waals surface area contributed by atoms with Crippen molar-refractivity contribution >= 4 is 22.8 Å². The van der Waals surface area contributed by atoms with Crippen LogP contribution in [0.25, 0.3) is 22.3 Å². The highest BCUT2D eigenvalue weighted by Crippen LogP contribution is 2.35. The molecule has 4 aromatic rings. The summed E-state index contributed by atoms with van der Waals surface area (Å²) < 4.78 is 49.7. The van der Waals surface area contributed by atoms with E-state index in [9.17, 15) is 13.6 Å². The van der Waals surface area contributed by atoms with Crippen molar-refractivity contribution in [1.29, 1.82) is 5.26 Å². The number of amides is 1. The van der Waals surface area contributed by atoms with Crippen molar-refractivity contribution in [1.82, 2.24) is 24.6 Å². The zero-order valence-corrected chi connectivity index (χ0v) is 19.9. The number of carbonyl (C=O) groups excluding carboxylic acids is 1. The van der Waals surface area contributed by atoms with Crippen LogP contribution < -0.4 is 10.5 Å². The van der Waals surface area contributed by atoms with Crippen LogP contribution in [0.4, 0.5) is 19.0 Å². The van der Waals surface area contributed by atoms with E-state index in [2.05, 4.69) is 21.6 Å². The molecule has 0 saturated carbocycles. The van der Waals surface area contributed by atoms with E-state index in [1.54, 1.807) is 11.0 Å². The molecular weight excluding hydrogens is 499 g/mol. The van der Waals surface area contributed by atoms with E-state index in [1.165, 1.54) is 35.3 Å². The van der Waals surface area contributed by atoms with Crippen LogP contribution in [-0.4, -0.2) is 43.1 Å². The number of fused-ring (bicyclic) bond motifs is 1. The second-order valence-electron chi connectivity index (χ2n) is 8.67. The highest BCUT2D eigenvalue weighted by molar-refractivity contribution is 5.98. The Morgan fingerprint density at radius 2 is 2.03 bits per heavy atom. The number of rotatable bonds is 6. The largest absolute Gasteiger partial charge is 0.454 e. The summed E-state index contributed by atoms with van der Waals surface area (Å²) in [5, 5.41) is 13.9. The predicted molar refractivity (Wildman–Crippen MR) is 131 cm³/mol. The second kappa shape index (κ2) is 9.85. The Kier molecular flexibility index (Phi) is 6.42. The van der Waals surface area contributed by atoms with Gasteiger partial charge in [0.2, 0.25) is 5.82 Å². The van der Waals surface area contributed by atoms with Crippen LogP contribution in [0.5, 0.6) is 11.5 Å². The summed E-state index contributed by atoms with van der Waals surface area (Å²) in [6.07, 6.45) is 2.66. The van der Waals surface area contributed by atoms with Gasteiger partial charge in [0.25, 0.3) is 5.91 Å². The molecule has 1 aliphatic heterocycles. The number of nitrogen functional groups attached to an aromatic ring is 1. The minimum absolute atomic E-state index is 0.0541. The number of ether oxygens (including phenoxy) is 1. The number of likely N-dealkylation sites (tertiary alicyclic amines) is 1. The number of hydrogen-bond acceptors (Lipinski definition) is 7. The van der Waals surface area contributed by atoms with Crippen LogP contribution in [0.3, 0.4) is 0 Å². The van der Waals surface area contributed by atoms with Gasteiger partial charge in [-0.15, -0.1) is 0 Å². The Hall–Kier alpha value is -4.92. The van der Waals surface area contributed by atoms with Gasteiger partial charge >= 0.3 is 0 Å². The Labute approximate surface area is 214 Å². The number of hydrogen-bond donors (Lipinski definition) is 1. The van der Waals surface area contributed by atoms with Crippen LogP contribution in [0.1, 0.15) is 12.8 Å². The lowest BCUT2D eigenvalue weighted by Gasteiger charge is -2.24. The maximum Gasteiger partial charge on any atom is 0.264 e. The topological polar surface area (TPSA) is 123 Å². The number of nitriles is 1. The highest BCUT2D eigenvalue weighted by atomic mass is 19.2. The van der Waals surface area contributed by atoms with Gasteiger partial charge in [0.15, 0.2) is 17.2 Å². The summed E-state index contributed by atoms with van der Waals surface area (Å²) in [5.41, 5.74) is 6.52. The first-order chi connectivity index (χ1) is 18.3. The fourth-order valence-corrected chi connectivity index (χ4v) is 4.50. The fourth-order valence-electron chi connectivity index (χ4n) is 4.50. The number of halogens is 3. The molecule has 1 atom stereocenters. The normalized spacial score (nSPS) is 15.0. The third kappa shape index (κ3) is 4.39. The summed E-state index contributed by atoms with van der Waals surface area (Å²) in [7, 11) is 0. The van der Waals surface area contributed by atoms with E-state index >= 15 is 4.39 Å². The van der Waals surface area contributed by atoms with Gasteiger partial charge in [-0.25, -0.2) is 23.4 Å². The van der Waals surface area contributed by atoms with Crippen molar-refractivity contribution in [3.05, 3.63) is 72.3 Å². The zero-order chi connectivity index (χ0) is 27.0. The number of carbonyl (C=O) groups is 1. The third-order valence-corrected chi connectivity index (χ3v) is 6.31. The van der Waals surface area contributed by atoms with Gasteiger partial charge in [0.05, 0.1) is 18.0 Å². The first kappa shape index (κ1) is 24.8. The molecule has 9 nitrogen and oxygen atoms in total. The molecule has 1 amide bonds. The van der Waals surface area contributed by atoms with Crippen molar-refractivity contribution < 1.29 is 22.7 Å². The summed E-state index contributed by atoms with van der Waals surface area (Å²) >= 11 is 0. The third-order valence-electron chi connectivity index (χ3n) is 6.31. The standard InChI is InChI=1S/C26H20F3N7O2/c1-14(11-30)26(37)35-9-3-4-15(35)12-36-25-21(24(31)32-13-33-25)23(34-36)17-8-7-16(10-19(17)28)38-20-6-2-5-18(27)22(20)29/h2,5-8,10,13,15H,1,3-4,9,12H2,(H2,31,32,33)/t15-/m0/s1. The molecule has 0 radical (unpaired) electrons. The Bertz CT molecular complexity index is 1630. The molecule has 1 aliphatic rings. The first-order valence-corrected chi connectivity index (χ1v) is 11.6. The predicted octanol–water partition coefficient (Wildman–Crippen LogP) is 4.36. The monoisotopic (exact) mass is 519 g/mol. The Balaban J connectivity index is 1.50. The van der Waals surface area contributed by atoms with Crippen LogP contribution in [0.15, 0.2) is 54.9 Å². The number of benzene rings is 2. The lowest BCUT2D eigenvalue weighted by Crippen LogP contribution is -2.38. The number of aromatic nitrogens is 4. The quantitative estimate of drug-likeness (QED) is 0.297. The molecule has 0 bridgehead atoms. The number of nitrogens with two attached hydrogens (primary N) is 1. The maximum atomic E-state index is 15.3. The zero-order valence-electron chi connectivity index (χ0n) is 19.9. The maximum absolute atomic E-state index is 15.3. The number of anilines is 1. The highest BCUT2D eigenvalue weighted by Gasteiger charge is 2.32. The lowest BCUT2D eigenvalue weighted by atomic mass is 10.1. The summed E-state index contributed by atoms with van der Waals surface area (Å²) in [6.45, 7) is 4.20. The fraction of sp³-hybridized carbons (Fsp3) is 0.192. The molecule has 5 rings (SSSR count). The van der Waals surface area contributed by atoms with Gasteiger partial charge in [0, 0.05) is 18.2 Å². The van der Waals surface area contributed by atoms with Crippen LogP contribution in [-0.2, 0) is 11.3 Å². The van der Waals surface area contributed by atoms with Crippen LogP contribution in [0, 0.1) is 28.8 Å². The minimum Gasteiger partial charge on any atom is -0.454 e. The molecule has 38 heavy (non-hydrogen) atoms. The average molecular weight is 519 g/mol.